The van der Waals surface area contributed by atoms with Gasteiger partial charge in [-0.15, -0.1) is 0 Å². The van der Waals surface area contributed by atoms with E-state index in [0.717, 1.165) is 55.4 Å². The van der Waals surface area contributed by atoms with Crippen molar-refractivity contribution in [2.24, 2.45) is 0 Å². The third kappa shape index (κ3) is 2.60. The van der Waals surface area contributed by atoms with Crippen LogP contribution >= 0.6 is 0 Å². The van der Waals surface area contributed by atoms with Gasteiger partial charge in [0.05, 0.1) is 23.4 Å². The Kier molecular flexibility index (Phi) is 3.90. The molecule has 0 saturated heterocycles. The lowest BCUT2D eigenvalue weighted by Crippen LogP contribution is -2.01. The Labute approximate surface area is 179 Å². The van der Waals surface area contributed by atoms with Crippen molar-refractivity contribution in [1.82, 2.24) is 4.98 Å². The molecule has 0 spiro atoms. The number of carbonyl (C=O) groups is 1. The molecule has 0 aliphatic heterocycles. The molecule has 0 unspecified atom stereocenters. The number of fused-ring (bicyclic) bond motifs is 7. The number of ketones is 1. The predicted molar refractivity (Wildman–Crippen MR) is 125 cm³/mol. The number of rotatable bonds is 3. The van der Waals surface area contributed by atoms with Crippen molar-refractivity contribution in [2.75, 3.05) is 6.61 Å². The largest absolute Gasteiger partial charge is 0.494 e. The summed E-state index contributed by atoms with van der Waals surface area (Å²) in [5.41, 5.74) is 5.94. The summed E-state index contributed by atoms with van der Waals surface area (Å²) in [5, 5.41) is 3.30. The second-order valence-corrected chi connectivity index (χ2v) is 7.72. The van der Waals surface area contributed by atoms with Crippen LogP contribution in [0.3, 0.4) is 0 Å². The van der Waals surface area contributed by atoms with E-state index in [0.29, 0.717) is 12.2 Å². The molecular weight excluding hydrogens is 382 g/mol. The van der Waals surface area contributed by atoms with Gasteiger partial charge in [0.25, 0.3) is 0 Å². The van der Waals surface area contributed by atoms with Crippen LogP contribution in [0.25, 0.3) is 44.1 Å². The highest BCUT2D eigenvalue weighted by Crippen LogP contribution is 2.46. The first-order valence-electron chi connectivity index (χ1n) is 10.5. The van der Waals surface area contributed by atoms with E-state index in [4.69, 9.17) is 9.72 Å². The van der Waals surface area contributed by atoms with Crippen molar-refractivity contribution in [3.05, 3.63) is 96.1 Å². The lowest BCUT2D eigenvalue weighted by atomic mass is 9.93. The molecule has 148 valence electrons. The zero-order valence-corrected chi connectivity index (χ0v) is 17.1. The van der Waals surface area contributed by atoms with Crippen LogP contribution in [0.1, 0.15) is 22.8 Å². The number of pyridine rings is 1. The maximum Gasteiger partial charge on any atom is 0.196 e. The molecule has 1 aliphatic carbocycles. The van der Waals surface area contributed by atoms with Crippen LogP contribution < -0.4 is 4.74 Å². The van der Waals surface area contributed by atoms with Gasteiger partial charge in [0.15, 0.2) is 5.78 Å². The Balaban J connectivity index is 1.73. The topological polar surface area (TPSA) is 39.2 Å². The van der Waals surface area contributed by atoms with Gasteiger partial charge in [-0.25, -0.2) is 4.98 Å². The van der Waals surface area contributed by atoms with Crippen LogP contribution in [0.2, 0.25) is 0 Å². The molecule has 31 heavy (non-hydrogen) atoms. The number of benzene rings is 4. The number of hydrogen-bond acceptors (Lipinski definition) is 3. The average molecular weight is 401 g/mol. The molecule has 6 rings (SSSR count). The highest BCUT2D eigenvalue weighted by atomic mass is 16.5. The Morgan fingerprint density at radius 3 is 2.32 bits per heavy atom. The molecule has 3 heteroatoms. The molecule has 1 aromatic heterocycles. The Bertz CT molecular complexity index is 1500. The van der Waals surface area contributed by atoms with Gasteiger partial charge in [-0.05, 0) is 53.6 Å². The van der Waals surface area contributed by atoms with Crippen LogP contribution in [0.4, 0.5) is 0 Å². The summed E-state index contributed by atoms with van der Waals surface area (Å²) < 4.78 is 5.59. The summed E-state index contributed by atoms with van der Waals surface area (Å²) in [7, 11) is 0. The van der Waals surface area contributed by atoms with E-state index in [9.17, 15) is 4.79 Å². The first kappa shape index (κ1) is 17.8. The van der Waals surface area contributed by atoms with Crippen LogP contribution in [-0.2, 0) is 0 Å². The summed E-state index contributed by atoms with van der Waals surface area (Å²) in [4.78, 5) is 18.6. The van der Waals surface area contributed by atoms with E-state index in [1.165, 1.54) is 0 Å². The summed E-state index contributed by atoms with van der Waals surface area (Å²) in [6.07, 6.45) is 0. The van der Waals surface area contributed by atoms with Gasteiger partial charge < -0.3 is 4.74 Å². The standard InChI is InChI=1S/C28H19NO2/c1-2-31-19-14-11-18(12-15-19)27-26-25(21-9-5-6-10-22(21)28(26)30)24-20-8-4-3-7-17(20)13-16-23(24)29-27/h3-16H,2H2,1H3. The summed E-state index contributed by atoms with van der Waals surface area (Å²) >= 11 is 0. The van der Waals surface area contributed by atoms with E-state index >= 15 is 0 Å². The quantitative estimate of drug-likeness (QED) is 0.311. The van der Waals surface area contributed by atoms with Crippen LogP contribution in [0.5, 0.6) is 5.75 Å². The van der Waals surface area contributed by atoms with E-state index in [-0.39, 0.29) is 5.78 Å². The van der Waals surface area contributed by atoms with Crippen molar-refractivity contribution in [2.45, 2.75) is 6.92 Å². The Morgan fingerprint density at radius 2 is 1.52 bits per heavy atom. The zero-order chi connectivity index (χ0) is 20.9. The number of hydrogen-bond donors (Lipinski definition) is 0. The first-order valence-corrected chi connectivity index (χ1v) is 10.5. The Hall–Kier alpha value is -3.98. The fourth-order valence-corrected chi connectivity index (χ4v) is 4.64. The molecule has 1 aliphatic rings. The molecule has 0 atom stereocenters. The van der Waals surface area contributed by atoms with E-state index < -0.39 is 0 Å². The van der Waals surface area contributed by atoms with E-state index in [2.05, 4.69) is 24.3 Å². The molecule has 1 heterocycles. The SMILES string of the molecule is CCOc1ccc(-c2nc3ccc4ccccc4c3c3c2C(=O)c2ccccc2-3)cc1. The van der Waals surface area contributed by atoms with Crippen LogP contribution in [0, 0.1) is 0 Å². The number of nitrogens with zero attached hydrogens (tertiary/aromatic N) is 1. The lowest BCUT2D eigenvalue weighted by molar-refractivity contribution is 0.104. The molecule has 0 amide bonds. The van der Waals surface area contributed by atoms with Gasteiger partial charge in [0.1, 0.15) is 5.75 Å². The van der Waals surface area contributed by atoms with Crippen molar-refractivity contribution in [1.29, 1.82) is 0 Å². The number of carbonyl (C=O) groups excluding carboxylic acids is 1. The third-order valence-corrected chi connectivity index (χ3v) is 5.98. The molecular formula is C28H19NO2. The minimum atomic E-state index is 0.0387. The molecule has 0 N–H and O–H groups in total. The minimum absolute atomic E-state index is 0.0387. The minimum Gasteiger partial charge on any atom is -0.494 e. The fraction of sp³-hybridized carbons (Fsp3) is 0.0714. The maximum atomic E-state index is 13.6. The van der Waals surface area contributed by atoms with Crippen LogP contribution in [0.15, 0.2) is 84.9 Å². The smallest absolute Gasteiger partial charge is 0.196 e. The zero-order valence-electron chi connectivity index (χ0n) is 17.1. The molecule has 0 radical (unpaired) electrons. The molecule has 0 bridgehead atoms. The highest BCUT2D eigenvalue weighted by Gasteiger charge is 2.32. The van der Waals surface area contributed by atoms with E-state index in [1.54, 1.807) is 0 Å². The molecule has 3 nitrogen and oxygen atoms in total. The lowest BCUT2D eigenvalue weighted by Gasteiger charge is -2.14. The normalized spacial score (nSPS) is 12.2. The fourth-order valence-electron chi connectivity index (χ4n) is 4.64. The van der Waals surface area contributed by atoms with Gasteiger partial charge >= 0.3 is 0 Å². The second kappa shape index (κ2) is 6.78. The summed E-state index contributed by atoms with van der Waals surface area (Å²) in [5.74, 6) is 0.848. The van der Waals surface area contributed by atoms with Gasteiger partial charge in [0.2, 0.25) is 0 Å². The highest BCUT2D eigenvalue weighted by molar-refractivity contribution is 6.30. The van der Waals surface area contributed by atoms with Crippen molar-refractivity contribution < 1.29 is 9.53 Å². The monoisotopic (exact) mass is 401 g/mol. The van der Waals surface area contributed by atoms with Crippen molar-refractivity contribution in [3.8, 4) is 28.1 Å². The summed E-state index contributed by atoms with van der Waals surface area (Å²) in [6, 6.07) is 28.2. The van der Waals surface area contributed by atoms with Crippen molar-refractivity contribution >= 4 is 27.5 Å². The van der Waals surface area contributed by atoms with Gasteiger partial charge in [-0.3, -0.25) is 4.79 Å². The number of aromatic nitrogens is 1. The Morgan fingerprint density at radius 1 is 0.774 bits per heavy atom. The molecule has 0 saturated carbocycles. The molecule has 4 aromatic carbocycles. The average Bonchev–Trinajstić information content (AvgIpc) is 3.12. The third-order valence-electron chi connectivity index (χ3n) is 5.98. The van der Waals surface area contributed by atoms with Gasteiger partial charge in [-0.2, -0.15) is 0 Å². The van der Waals surface area contributed by atoms with E-state index in [1.807, 2.05) is 67.6 Å². The van der Waals surface area contributed by atoms with Crippen LogP contribution in [-0.4, -0.2) is 17.4 Å². The van der Waals surface area contributed by atoms with Gasteiger partial charge in [-0.1, -0.05) is 54.6 Å². The summed E-state index contributed by atoms with van der Waals surface area (Å²) in [6.45, 7) is 2.58. The van der Waals surface area contributed by atoms with Crippen molar-refractivity contribution in [3.63, 3.8) is 0 Å². The number of ether oxygens (including phenoxy) is 1. The van der Waals surface area contributed by atoms with Gasteiger partial charge in [0, 0.05) is 22.1 Å². The second-order valence-electron chi connectivity index (χ2n) is 7.72. The molecule has 5 aromatic rings. The first-order chi connectivity index (χ1) is 15.3. The predicted octanol–water partition coefficient (Wildman–Crippen LogP) is 6.67. The molecule has 0 fully saturated rings. The maximum absolute atomic E-state index is 13.6.